The van der Waals surface area contributed by atoms with E-state index in [-0.39, 0.29) is 95.1 Å². The van der Waals surface area contributed by atoms with E-state index in [0.29, 0.717) is 58.8 Å². The van der Waals surface area contributed by atoms with Crippen LogP contribution in [0.1, 0.15) is 148 Å². The monoisotopic (exact) mass is 861 g/mol. The second-order valence-corrected chi connectivity index (χ2v) is 14.7. The van der Waals surface area contributed by atoms with E-state index < -0.39 is 23.9 Å². The highest BCUT2D eigenvalue weighted by Crippen LogP contribution is 2.14. The molecule has 0 fully saturated rings. The molecule has 0 heterocycles. The molecule has 18 nitrogen and oxygen atoms in total. The SMILES string of the molecule is O=C(O)CCCCCCCCCCCCCCCCC(=O)NC(CCCCNC(=O)CCOCCOCCNC(=O)CCOCCOCCNC(=O)CCC(=O)O)C(=O)O. The minimum Gasteiger partial charge on any atom is -0.481 e. The first-order chi connectivity index (χ1) is 29.0. The van der Waals surface area contributed by atoms with E-state index in [1.807, 2.05) is 0 Å². The van der Waals surface area contributed by atoms with Crippen LogP contribution < -0.4 is 21.3 Å². The quantitative estimate of drug-likeness (QED) is 0.0425. The number of carbonyl (C=O) groups is 7. The van der Waals surface area contributed by atoms with Gasteiger partial charge in [0.2, 0.25) is 23.6 Å². The molecule has 60 heavy (non-hydrogen) atoms. The third-order valence-corrected chi connectivity index (χ3v) is 9.31. The molecule has 0 aliphatic rings. The Morgan fingerprint density at radius 3 is 1.17 bits per heavy atom. The van der Waals surface area contributed by atoms with Gasteiger partial charge >= 0.3 is 17.9 Å². The molecule has 7 N–H and O–H groups in total. The number of carboxylic acid groups (broad SMARTS) is 3. The van der Waals surface area contributed by atoms with Crippen LogP contribution in [0.5, 0.6) is 0 Å². The Hall–Kier alpha value is -3.87. The van der Waals surface area contributed by atoms with Gasteiger partial charge in [-0.25, -0.2) is 4.79 Å². The zero-order valence-electron chi connectivity index (χ0n) is 36.0. The van der Waals surface area contributed by atoms with Gasteiger partial charge in [-0.15, -0.1) is 0 Å². The summed E-state index contributed by atoms with van der Waals surface area (Å²) in [7, 11) is 0. The number of aliphatic carboxylic acids is 3. The van der Waals surface area contributed by atoms with E-state index in [0.717, 1.165) is 44.9 Å². The molecule has 0 aromatic rings. The van der Waals surface area contributed by atoms with Gasteiger partial charge in [-0.1, -0.05) is 77.0 Å². The largest absolute Gasteiger partial charge is 0.481 e. The molecule has 1 atom stereocenters. The van der Waals surface area contributed by atoms with Crippen molar-refractivity contribution < 1.29 is 67.8 Å². The number of rotatable bonds is 45. The summed E-state index contributed by atoms with van der Waals surface area (Å²) in [6.45, 7) is 3.18. The van der Waals surface area contributed by atoms with Gasteiger partial charge in [-0.05, 0) is 32.1 Å². The number of carboxylic acids is 3. The predicted molar refractivity (Wildman–Crippen MR) is 223 cm³/mol. The van der Waals surface area contributed by atoms with Crippen molar-refractivity contribution in [2.45, 2.75) is 154 Å². The van der Waals surface area contributed by atoms with Crippen molar-refractivity contribution in [3.05, 3.63) is 0 Å². The van der Waals surface area contributed by atoms with E-state index in [1.54, 1.807) is 0 Å². The Morgan fingerprint density at radius 1 is 0.350 bits per heavy atom. The Balaban J connectivity index is 3.59. The van der Waals surface area contributed by atoms with Crippen molar-refractivity contribution in [3.8, 4) is 0 Å². The lowest BCUT2D eigenvalue weighted by atomic mass is 10.0. The zero-order chi connectivity index (χ0) is 44.3. The lowest BCUT2D eigenvalue weighted by Gasteiger charge is -2.14. The Kier molecular flexibility index (Phi) is 39.1. The van der Waals surface area contributed by atoms with Gasteiger partial charge in [0.15, 0.2) is 0 Å². The van der Waals surface area contributed by atoms with E-state index in [4.69, 9.17) is 29.2 Å². The number of unbranched alkanes of at least 4 members (excludes halogenated alkanes) is 14. The fourth-order valence-corrected chi connectivity index (χ4v) is 5.89. The van der Waals surface area contributed by atoms with Crippen LogP contribution in [0.2, 0.25) is 0 Å². The van der Waals surface area contributed by atoms with Gasteiger partial charge in [0.1, 0.15) is 6.04 Å². The number of carbonyl (C=O) groups excluding carboxylic acids is 4. The molecule has 0 radical (unpaired) electrons. The first-order valence-electron chi connectivity index (χ1n) is 22.1. The van der Waals surface area contributed by atoms with Gasteiger partial charge in [0, 0.05) is 51.7 Å². The third-order valence-electron chi connectivity index (χ3n) is 9.31. The average Bonchev–Trinajstić information content (AvgIpc) is 3.20. The summed E-state index contributed by atoms with van der Waals surface area (Å²) < 4.78 is 21.5. The lowest BCUT2D eigenvalue weighted by molar-refractivity contribution is -0.142. The van der Waals surface area contributed by atoms with Crippen LogP contribution in [0, 0.1) is 0 Å². The molecule has 348 valence electrons. The molecule has 4 amide bonds. The smallest absolute Gasteiger partial charge is 0.326 e. The minimum atomic E-state index is -1.06. The summed E-state index contributed by atoms with van der Waals surface area (Å²) in [6.07, 6.45) is 17.4. The maximum absolute atomic E-state index is 12.3. The van der Waals surface area contributed by atoms with Crippen LogP contribution in [0.15, 0.2) is 0 Å². The summed E-state index contributed by atoms with van der Waals surface area (Å²) in [4.78, 5) is 80.3. The summed E-state index contributed by atoms with van der Waals surface area (Å²) in [6, 6.07) is -0.948. The number of ether oxygens (including phenoxy) is 4. The Morgan fingerprint density at radius 2 is 0.733 bits per heavy atom. The highest BCUT2D eigenvalue weighted by molar-refractivity contribution is 5.83. The number of hydrogen-bond donors (Lipinski definition) is 7. The van der Waals surface area contributed by atoms with Crippen molar-refractivity contribution in [1.29, 1.82) is 0 Å². The standard InChI is InChI=1S/C42H76N4O14/c47-36(20-21-41(53)54)44-25-29-59-33-32-58-28-23-38(49)45-26-30-60-34-31-57-27-22-37(48)43-24-16-15-17-35(42(55)56)46-39(50)18-13-11-9-7-5-3-1-2-4-6-8-10-12-14-19-40(51)52/h35H,1-34H2,(H,43,48)(H,44,47)(H,45,49)(H,46,50)(H,51,52)(H,53,54)(H,55,56). The number of hydrogen-bond acceptors (Lipinski definition) is 11. The van der Waals surface area contributed by atoms with Gasteiger partial charge < -0.3 is 55.5 Å². The van der Waals surface area contributed by atoms with Crippen molar-refractivity contribution in [2.24, 2.45) is 0 Å². The number of amides is 4. The van der Waals surface area contributed by atoms with Crippen LogP contribution in [-0.2, 0) is 52.5 Å². The van der Waals surface area contributed by atoms with Crippen LogP contribution >= 0.6 is 0 Å². The summed E-state index contributed by atoms with van der Waals surface area (Å²) >= 11 is 0. The molecule has 0 saturated carbocycles. The Labute approximate surface area is 356 Å². The van der Waals surface area contributed by atoms with Gasteiger partial charge in [0.05, 0.1) is 59.3 Å². The maximum Gasteiger partial charge on any atom is 0.326 e. The van der Waals surface area contributed by atoms with Gasteiger partial charge in [0.25, 0.3) is 0 Å². The second kappa shape index (κ2) is 41.8. The first kappa shape index (κ1) is 56.1. The number of nitrogens with one attached hydrogen (secondary N) is 4. The summed E-state index contributed by atoms with van der Waals surface area (Å²) in [5, 5.41) is 37.4. The average molecular weight is 861 g/mol. The van der Waals surface area contributed by atoms with Crippen molar-refractivity contribution >= 4 is 41.5 Å². The highest BCUT2D eigenvalue weighted by Gasteiger charge is 2.19. The molecule has 0 aromatic heterocycles. The molecule has 0 rings (SSSR count). The first-order valence-corrected chi connectivity index (χ1v) is 22.1. The molecule has 0 saturated heterocycles. The molecule has 0 spiro atoms. The molecule has 0 aromatic carbocycles. The van der Waals surface area contributed by atoms with Crippen LogP contribution in [0.4, 0.5) is 0 Å². The van der Waals surface area contributed by atoms with E-state index in [2.05, 4.69) is 21.3 Å². The summed E-state index contributed by atoms with van der Waals surface area (Å²) in [5.41, 5.74) is 0. The van der Waals surface area contributed by atoms with Gasteiger partial charge in [-0.2, -0.15) is 0 Å². The van der Waals surface area contributed by atoms with Gasteiger partial charge in [-0.3, -0.25) is 28.8 Å². The maximum atomic E-state index is 12.3. The normalized spacial score (nSPS) is 11.5. The van der Waals surface area contributed by atoms with Crippen LogP contribution in [0.25, 0.3) is 0 Å². The molecular formula is C42H76N4O14. The van der Waals surface area contributed by atoms with Crippen molar-refractivity contribution in [2.75, 3.05) is 72.5 Å². The molecule has 1 unspecified atom stereocenters. The summed E-state index contributed by atoms with van der Waals surface area (Å²) in [5.74, 6) is -3.75. The van der Waals surface area contributed by atoms with E-state index >= 15 is 0 Å². The fourth-order valence-electron chi connectivity index (χ4n) is 5.89. The Bertz CT molecular complexity index is 1160. The second-order valence-electron chi connectivity index (χ2n) is 14.7. The predicted octanol–water partition coefficient (Wildman–Crippen LogP) is 4.11. The molecule has 0 aliphatic carbocycles. The van der Waals surface area contributed by atoms with E-state index in [1.165, 1.54) is 44.9 Å². The van der Waals surface area contributed by atoms with Crippen molar-refractivity contribution in [3.63, 3.8) is 0 Å². The van der Waals surface area contributed by atoms with Crippen LogP contribution in [0.3, 0.4) is 0 Å². The molecular weight excluding hydrogens is 784 g/mol. The topological polar surface area (TPSA) is 265 Å². The fraction of sp³-hybridized carbons (Fsp3) is 0.833. The highest BCUT2D eigenvalue weighted by atomic mass is 16.5. The zero-order valence-corrected chi connectivity index (χ0v) is 36.0. The van der Waals surface area contributed by atoms with Crippen molar-refractivity contribution in [1.82, 2.24) is 21.3 Å². The molecule has 18 heteroatoms. The minimum absolute atomic E-state index is 0.0759. The van der Waals surface area contributed by atoms with Crippen LogP contribution in [-0.4, -0.2) is 135 Å². The molecule has 0 aliphatic heterocycles. The third kappa shape index (κ3) is 42.3. The molecule has 0 bridgehead atoms. The van der Waals surface area contributed by atoms with E-state index in [9.17, 15) is 38.7 Å². The lowest BCUT2D eigenvalue weighted by Crippen LogP contribution is -2.40.